The van der Waals surface area contributed by atoms with Crippen LogP contribution in [0.15, 0.2) is 30.3 Å². The molecule has 1 aromatic heterocycles. The van der Waals surface area contributed by atoms with Crippen LogP contribution in [0.3, 0.4) is 0 Å². The van der Waals surface area contributed by atoms with Gasteiger partial charge in [0.05, 0.1) is 0 Å². The SMILES string of the molecule is COCCCCCN1CCN(C(=O)c2cc3ccccc3[nH]2)CC1. The Morgan fingerprint density at radius 3 is 2.67 bits per heavy atom. The fraction of sp³-hybridized carbons (Fsp3) is 0.526. The van der Waals surface area contributed by atoms with Crippen LogP contribution in [0.4, 0.5) is 0 Å². The van der Waals surface area contributed by atoms with Crippen LogP contribution in [0.25, 0.3) is 10.9 Å². The Morgan fingerprint density at radius 2 is 1.92 bits per heavy atom. The lowest BCUT2D eigenvalue weighted by Gasteiger charge is -2.34. The number of ether oxygens (including phenoxy) is 1. The van der Waals surface area contributed by atoms with E-state index in [1.807, 2.05) is 35.2 Å². The predicted molar refractivity (Wildman–Crippen MR) is 96.4 cm³/mol. The van der Waals surface area contributed by atoms with Crippen molar-refractivity contribution in [3.05, 3.63) is 36.0 Å². The highest BCUT2D eigenvalue weighted by molar-refractivity contribution is 5.98. The van der Waals surface area contributed by atoms with Gasteiger partial charge in [-0.05, 0) is 37.9 Å². The maximum atomic E-state index is 12.7. The minimum atomic E-state index is 0.117. The summed E-state index contributed by atoms with van der Waals surface area (Å²) < 4.78 is 5.08. The summed E-state index contributed by atoms with van der Waals surface area (Å²) >= 11 is 0. The number of para-hydroxylation sites is 1. The van der Waals surface area contributed by atoms with Crippen LogP contribution < -0.4 is 0 Å². The van der Waals surface area contributed by atoms with Gasteiger partial charge in [0.15, 0.2) is 0 Å². The number of hydrogen-bond donors (Lipinski definition) is 1. The molecule has 2 aromatic rings. The van der Waals surface area contributed by atoms with Crippen LogP contribution in [0, 0.1) is 0 Å². The van der Waals surface area contributed by atoms with E-state index in [1.54, 1.807) is 7.11 Å². The number of fused-ring (bicyclic) bond motifs is 1. The van der Waals surface area contributed by atoms with Gasteiger partial charge in [-0.2, -0.15) is 0 Å². The van der Waals surface area contributed by atoms with Gasteiger partial charge in [-0.15, -0.1) is 0 Å². The molecule has 24 heavy (non-hydrogen) atoms. The molecule has 0 radical (unpaired) electrons. The standard InChI is InChI=1S/C19H27N3O2/c1-24-14-6-2-5-9-21-10-12-22(13-11-21)19(23)18-15-16-7-3-4-8-17(16)20-18/h3-4,7-8,15,20H,2,5-6,9-14H2,1H3. The van der Waals surface area contributed by atoms with Crippen LogP contribution in [0.1, 0.15) is 29.8 Å². The Bertz CT molecular complexity index is 626. The topological polar surface area (TPSA) is 48.6 Å². The highest BCUT2D eigenvalue weighted by Gasteiger charge is 2.22. The number of carbonyl (C=O) groups is 1. The van der Waals surface area contributed by atoms with Crippen molar-refractivity contribution >= 4 is 16.8 Å². The first-order valence-corrected chi connectivity index (χ1v) is 8.86. The molecule has 1 amide bonds. The number of piperazine rings is 1. The van der Waals surface area contributed by atoms with Crippen molar-refractivity contribution in [2.75, 3.05) is 46.4 Å². The number of aromatic amines is 1. The molecule has 0 saturated carbocycles. The van der Waals surface area contributed by atoms with Crippen LogP contribution in [-0.4, -0.2) is 67.1 Å². The van der Waals surface area contributed by atoms with E-state index in [4.69, 9.17) is 4.74 Å². The fourth-order valence-electron chi connectivity index (χ4n) is 3.29. The lowest BCUT2D eigenvalue weighted by atomic mass is 10.2. The summed E-state index contributed by atoms with van der Waals surface area (Å²) in [5, 5.41) is 1.09. The van der Waals surface area contributed by atoms with Crippen LogP contribution in [-0.2, 0) is 4.74 Å². The first kappa shape index (κ1) is 17.0. The molecule has 0 spiro atoms. The third kappa shape index (κ3) is 4.16. The minimum Gasteiger partial charge on any atom is -0.385 e. The summed E-state index contributed by atoms with van der Waals surface area (Å²) in [5.41, 5.74) is 1.72. The second kappa shape index (κ2) is 8.31. The van der Waals surface area contributed by atoms with E-state index in [0.29, 0.717) is 5.69 Å². The second-order valence-electron chi connectivity index (χ2n) is 6.46. The van der Waals surface area contributed by atoms with E-state index in [1.165, 1.54) is 12.8 Å². The average molecular weight is 329 g/mol. The molecule has 1 aliphatic rings. The largest absolute Gasteiger partial charge is 0.385 e. The van der Waals surface area contributed by atoms with Gasteiger partial charge in [-0.3, -0.25) is 9.69 Å². The van der Waals surface area contributed by atoms with Crippen molar-refractivity contribution in [1.82, 2.24) is 14.8 Å². The quantitative estimate of drug-likeness (QED) is 0.795. The molecule has 0 atom stereocenters. The molecule has 5 heteroatoms. The molecule has 1 fully saturated rings. The number of rotatable bonds is 7. The highest BCUT2D eigenvalue weighted by atomic mass is 16.5. The van der Waals surface area contributed by atoms with E-state index in [-0.39, 0.29) is 5.91 Å². The predicted octanol–water partition coefficient (Wildman–Crippen LogP) is 2.74. The number of amides is 1. The maximum Gasteiger partial charge on any atom is 0.270 e. The smallest absolute Gasteiger partial charge is 0.270 e. The Morgan fingerprint density at radius 1 is 1.12 bits per heavy atom. The van der Waals surface area contributed by atoms with Gasteiger partial charge >= 0.3 is 0 Å². The van der Waals surface area contributed by atoms with Gasteiger partial charge in [0.1, 0.15) is 5.69 Å². The summed E-state index contributed by atoms with van der Waals surface area (Å²) in [6, 6.07) is 9.98. The molecular weight excluding hydrogens is 302 g/mol. The molecule has 1 aliphatic heterocycles. The van der Waals surface area contributed by atoms with Crippen molar-refractivity contribution in [1.29, 1.82) is 0 Å². The summed E-state index contributed by atoms with van der Waals surface area (Å²) in [7, 11) is 1.75. The summed E-state index contributed by atoms with van der Waals surface area (Å²) in [6.45, 7) is 5.54. The van der Waals surface area contributed by atoms with Crippen LogP contribution >= 0.6 is 0 Å². The van der Waals surface area contributed by atoms with Gasteiger partial charge in [0.25, 0.3) is 5.91 Å². The monoisotopic (exact) mass is 329 g/mol. The summed E-state index contributed by atoms with van der Waals surface area (Å²) in [5.74, 6) is 0.117. The number of benzene rings is 1. The van der Waals surface area contributed by atoms with E-state index < -0.39 is 0 Å². The Labute approximate surface area is 143 Å². The number of hydrogen-bond acceptors (Lipinski definition) is 3. The van der Waals surface area contributed by atoms with Crippen molar-refractivity contribution in [2.24, 2.45) is 0 Å². The third-order valence-corrected chi connectivity index (χ3v) is 4.74. The zero-order chi connectivity index (χ0) is 16.8. The molecule has 130 valence electrons. The summed E-state index contributed by atoms with van der Waals surface area (Å²) in [4.78, 5) is 20.3. The lowest BCUT2D eigenvalue weighted by Crippen LogP contribution is -2.48. The van der Waals surface area contributed by atoms with Gasteiger partial charge < -0.3 is 14.6 Å². The molecule has 2 heterocycles. The second-order valence-corrected chi connectivity index (χ2v) is 6.46. The van der Waals surface area contributed by atoms with Gasteiger partial charge in [-0.1, -0.05) is 18.2 Å². The Kier molecular flexibility index (Phi) is 5.88. The first-order valence-electron chi connectivity index (χ1n) is 8.86. The molecule has 0 bridgehead atoms. The number of methoxy groups -OCH3 is 1. The number of carbonyl (C=O) groups excluding carboxylic acids is 1. The van der Waals surface area contributed by atoms with Crippen molar-refractivity contribution in [3.8, 4) is 0 Å². The van der Waals surface area contributed by atoms with Gasteiger partial charge in [-0.25, -0.2) is 0 Å². The summed E-state index contributed by atoms with van der Waals surface area (Å²) in [6.07, 6.45) is 3.55. The van der Waals surface area contributed by atoms with E-state index in [0.717, 1.165) is 56.7 Å². The number of aromatic nitrogens is 1. The van der Waals surface area contributed by atoms with E-state index in [9.17, 15) is 4.79 Å². The van der Waals surface area contributed by atoms with E-state index >= 15 is 0 Å². The maximum absolute atomic E-state index is 12.7. The number of unbranched alkanes of at least 4 members (excludes halogenated alkanes) is 2. The highest BCUT2D eigenvalue weighted by Crippen LogP contribution is 2.17. The first-order chi connectivity index (χ1) is 11.8. The van der Waals surface area contributed by atoms with Crippen LogP contribution in [0.2, 0.25) is 0 Å². The molecule has 5 nitrogen and oxygen atoms in total. The fourth-order valence-corrected chi connectivity index (χ4v) is 3.29. The van der Waals surface area contributed by atoms with Crippen molar-refractivity contribution in [2.45, 2.75) is 19.3 Å². The van der Waals surface area contributed by atoms with Crippen molar-refractivity contribution in [3.63, 3.8) is 0 Å². The van der Waals surface area contributed by atoms with Crippen LogP contribution in [0.5, 0.6) is 0 Å². The number of nitrogens with zero attached hydrogens (tertiary/aromatic N) is 2. The van der Waals surface area contributed by atoms with Gasteiger partial charge in [0.2, 0.25) is 0 Å². The lowest BCUT2D eigenvalue weighted by molar-refractivity contribution is 0.0629. The molecule has 3 rings (SSSR count). The molecule has 1 saturated heterocycles. The molecular formula is C19H27N3O2. The molecule has 1 aromatic carbocycles. The van der Waals surface area contributed by atoms with Gasteiger partial charge in [0, 0.05) is 50.8 Å². The molecule has 0 unspecified atom stereocenters. The molecule has 0 aliphatic carbocycles. The zero-order valence-corrected chi connectivity index (χ0v) is 14.5. The average Bonchev–Trinajstić information content (AvgIpc) is 3.05. The third-order valence-electron chi connectivity index (χ3n) is 4.74. The number of nitrogens with one attached hydrogen (secondary N) is 1. The minimum absolute atomic E-state index is 0.117. The Hall–Kier alpha value is -1.85. The number of H-pyrrole nitrogens is 1. The Balaban J connectivity index is 1.46. The van der Waals surface area contributed by atoms with Crippen molar-refractivity contribution < 1.29 is 9.53 Å². The zero-order valence-electron chi connectivity index (χ0n) is 14.5. The normalized spacial score (nSPS) is 16.0. The molecule has 1 N–H and O–H groups in total. The van der Waals surface area contributed by atoms with E-state index in [2.05, 4.69) is 9.88 Å².